The summed E-state index contributed by atoms with van der Waals surface area (Å²) in [4.78, 5) is 0. The molecule has 5 nitrogen and oxygen atoms in total. The highest BCUT2D eigenvalue weighted by Crippen LogP contribution is 2.16. The van der Waals surface area contributed by atoms with Crippen LogP contribution in [-0.4, -0.2) is 18.2 Å². The summed E-state index contributed by atoms with van der Waals surface area (Å²) >= 11 is 0. The molecule has 0 aliphatic carbocycles. The Kier molecular flexibility index (Phi) is 4.44. The molecular weight excluding hydrogens is 256 g/mol. The summed E-state index contributed by atoms with van der Waals surface area (Å²) in [5.41, 5.74) is 7.17. The van der Waals surface area contributed by atoms with Gasteiger partial charge in [-0.3, -0.25) is 0 Å². The van der Waals surface area contributed by atoms with Crippen LogP contribution in [-0.2, 0) is 6.61 Å². The van der Waals surface area contributed by atoms with Crippen LogP contribution in [0.3, 0.4) is 0 Å². The Morgan fingerprint density at radius 2 is 1.65 bits per heavy atom. The van der Waals surface area contributed by atoms with Crippen LogP contribution in [0.5, 0.6) is 11.5 Å². The van der Waals surface area contributed by atoms with Gasteiger partial charge in [0.1, 0.15) is 18.1 Å². The molecule has 2 aromatic rings. The Hall–Kier alpha value is -2.69. The molecular formula is C15H16N2O3. The number of methoxy groups -OCH3 is 1. The molecule has 0 spiro atoms. The fourth-order valence-electron chi connectivity index (χ4n) is 1.67. The number of nitrogens with two attached hydrogens (primary N) is 1. The lowest BCUT2D eigenvalue weighted by molar-refractivity contribution is 0.306. The van der Waals surface area contributed by atoms with Crippen molar-refractivity contribution in [1.82, 2.24) is 0 Å². The highest BCUT2D eigenvalue weighted by Gasteiger charge is 2.00. The van der Waals surface area contributed by atoms with E-state index < -0.39 is 0 Å². The van der Waals surface area contributed by atoms with Crippen molar-refractivity contribution in [2.75, 3.05) is 7.11 Å². The highest BCUT2D eigenvalue weighted by molar-refractivity contribution is 5.97. The zero-order chi connectivity index (χ0) is 14.4. The SMILES string of the molecule is COc1ccc(COc2ccc(/C(N)=N/O)cc2)cc1. The van der Waals surface area contributed by atoms with Crippen LogP contribution >= 0.6 is 0 Å². The summed E-state index contributed by atoms with van der Waals surface area (Å²) < 4.78 is 10.7. The number of rotatable bonds is 5. The van der Waals surface area contributed by atoms with Crippen LogP contribution in [0.15, 0.2) is 53.7 Å². The first-order valence-corrected chi connectivity index (χ1v) is 6.06. The number of benzene rings is 2. The van der Waals surface area contributed by atoms with Crippen molar-refractivity contribution in [3.63, 3.8) is 0 Å². The molecule has 0 saturated heterocycles. The first-order chi connectivity index (χ1) is 9.72. The van der Waals surface area contributed by atoms with Gasteiger partial charge in [-0.2, -0.15) is 0 Å². The molecule has 0 unspecified atom stereocenters. The third-order valence-electron chi connectivity index (χ3n) is 2.82. The maximum atomic E-state index is 8.57. The van der Waals surface area contributed by atoms with Gasteiger partial charge in [-0.1, -0.05) is 17.3 Å². The van der Waals surface area contributed by atoms with Gasteiger partial charge in [-0.15, -0.1) is 0 Å². The van der Waals surface area contributed by atoms with Crippen molar-refractivity contribution in [2.45, 2.75) is 6.61 Å². The van der Waals surface area contributed by atoms with Gasteiger partial charge in [0.25, 0.3) is 0 Å². The van der Waals surface area contributed by atoms with Gasteiger partial charge in [0.2, 0.25) is 0 Å². The van der Waals surface area contributed by atoms with Crippen LogP contribution in [0.4, 0.5) is 0 Å². The standard InChI is InChI=1S/C15H16N2O3/c1-19-13-6-2-11(3-7-13)10-20-14-8-4-12(5-9-14)15(16)17-18/h2-9,18H,10H2,1H3,(H2,16,17). The normalized spacial score (nSPS) is 11.2. The van der Waals surface area contributed by atoms with Gasteiger partial charge in [0, 0.05) is 5.56 Å². The lowest BCUT2D eigenvalue weighted by Crippen LogP contribution is -2.12. The Labute approximate surface area is 117 Å². The van der Waals surface area contributed by atoms with Crippen molar-refractivity contribution in [1.29, 1.82) is 0 Å². The van der Waals surface area contributed by atoms with Gasteiger partial charge in [0.15, 0.2) is 5.84 Å². The average Bonchev–Trinajstić information content (AvgIpc) is 2.53. The molecule has 0 aromatic heterocycles. The van der Waals surface area contributed by atoms with Gasteiger partial charge >= 0.3 is 0 Å². The lowest BCUT2D eigenvalue weighted by Gasteiger charge is -2.07. The van der Waals surface area contributed by atoms with Gasteiger partial charge in [-0.25, -0.2) is 0 Å². The molecule has 0 fully saturated rings. The van der Waals surface area contributed by atoms with Gasteiger partial charge in [0.05, 0.1) is 7.11 Å². The molecule has 2 aromatic carbocycles. The molecule has 0 heterocycles. The zero-order valence-electron chi connectivity index (χ0n) is 11.1. The van der Waals surface area contributed by atoms with Crippen molar-refractivity contribution in [3.05, 3.63) is 59.7 Å². The smallest absolute Gasteiger partial charge is 0.170 e. The van der Waals surface area contributed by atoms with E-state index in [0.717, 1.165) is 17.1 Å². The maximum Gasteiger partial charge on any atom is 0.170 e. The fourth-order valence-corrected chi connectivity index (χ4v) is 1.67. The monoisotopic (exact) mass is 272 g/mol. The Balaban J connectivity index is 1.96. The molecule has 0 aliphatic heterocycles. The van der Waals surface area contributed by atoms with E-state index in [-0.39, 0.29) is 5.84 Å². The van der Waals surface area contributed by atoms with E-state index in [1.54, 1.807) is 31.4 Å². The minimum atomic E-state index is 0.0757. The topological polar surface area (TPSA) is 77.1 Å². The lowest BCUT2D eigenvalue weighted by atomic mass is 10.2. The maximum absolute atomic E-state index is 8.57. The molecule has 104 valence electrons. The van der Waals surface area contributed by atoms with Crippen molar-refractivity contribution < 1.29 is 14.7 Å². The molecule has 0 atom stereocenters. The van der Waals surface area contributed by atoms with Crippen molar-refractivity contribution in [2.24, 2.45) is 10.9 Å². The van der Waals surface area contributed by atoms with Gasteiger partial charge in [-0.05, 0) is 42.0 Å². The van der Waals surface area contributed by atoms with Crippen molar-refractivity contribution in [3.8, 4) is 11.5 Å². The molecule has 0 aliphatic rings. The largest absolute Gasteiger partial charge is 0.497 e. The van der Waals surface area contributed by atoms with Gasteiger partial charge < -0.3 is 20.4 Å². The number of nitrogens with zero attached hydrogens (tertiary/aromatic N) is 1. The second-order valence-electron chi connectivity index (χ2n) is 4.15. The Morgan fingerprint density at radius 1 is 1.05 bits per heavy atom. The molecule has 0 bridgehead atoms. The van der Waals surface area contributed by atoms with Crippen LogP contribution in [0.2, 0.25) is 0 Å². The van der Waals surface area contributed by atoms with E-state index in [2.05, 4.69) is 5.16 Å². The van der Waals surface area contributed by atoms with Crippen molar-refractivity contribution >= 4 is 5.84 Å². The first kappa shape index (κ1) is 13.7. The molecule has 20 heavy (non-hydrogen) atoms. The predicted molar refractivity (Wildman–Crippen MR) is 76.3 cm³/mol. The van der Waals surface area contributed by atoms with E-state index in [1.165, 1.54) is 0 Å². The minimum Gasteiger partial charge on any atom is -0.497 e. The van der Waals surface area contributed by atoms with E-state index in [1.807, 2.05) is 24.3 Å². The summed E-state index contributed by atoms with van der Waals surface area (Å²) in [5.74, 6) is 1.61. The number of hydrogen-bond acceptors (Lipinski definition) is 4. The summed E-state index contributed by atoms with van der Waals surface area (Å²) in [7, 11) is 1.63. The number of amidine groups is 1. The summed E-state index contributed by atoms with van der Waals surface area (Å²) in [5, 5.41) is 11.5. The number of ether oxygens (including phenoxy) is 2. The molecule has 5 heteroatoms. The highest BCUT2D eigenvalue weighted by atomic mass is 16.5. The molecule has 0 amide bonds. The molecule has 2 rings (SSSR count). The number of hydrogen-bond donors (Lipinski definition) is 2. The molecule has 0 radical (unpaired) electrons. The second kappa shape index (κ2) is 6.47. The van der Waals surface area contributed by atoms with Crippen LogP contribution in [0.1, 0.15) is 11.1 Å². The predicted octanol–water partition coefficient (Wildman–Crippen LogP) is 2.37. The quantitative estimate of drug-likeness (QED) is 0.379. The Morgan fingerprint density at radius 3 is 2.20 bits per heavy atom. The van der Waals surface area contributed by atoms with Crippen LogP contribution in [0.25, 0.3) is 0 Å². The Bertz CT molecular complexity index is 577. The summed E-state index contributed by atoms with van der Waals surface area (Å²) in [6.45, 7) is 0.465. The second-order valence-corrected chi connectivity index (χ2v) is 4.15. The zero-order valence-corrected chi connectivity index (χ0v) is 11.1. The third kappa shape index (κ3) is 3.41. The van der Waals surface area contributed by atoms with E-state index in [9.17, 15) is 0 Å². The fraction of sp³-hybridized carbons (Fsp3) is 0.133. The van der Waals surface area contributed by atoms with E-state index in [4.69, 9.17) is 20.4 Å². The minimum absolute atomic E-state index is 0.0757. The van der Waals surface area contributed by atoms with Crippen LogP contribution < -0.4 is 15.2 Å². The average molecular weight is 272 g/mol. The summed E-state index contributed by atoms with van der Waals surface area (Å²) in [6.07, 6.45) is 0. The summed E-state index contributed by atoms with van der Waals surface area (Å²) in [6, 6.07) is 14.7. The van der Waals surface area contributed by atoms with E-state index >= 15 is 0 Å². The van der Waals surface area contributed by atoms with Crippen LogP contribution in [0, 0.1) is 0 Å². The van der Waals surface area contributed by atoms with E-state index in [0.29, 0.717) is 12.2 Å². The molecule has 0 saturated carbocycles. The number of oxime groups is 1. The third-order valence-corrected chi connectivity index (χ3v) is 2.82. The molecule has 3 N–H and O–H groups in total. The first-order valence-electron chi connectivity index (χ1n) is 6.06.